The van der Waals surface area contributed by atoms with E-state index in [4.69, 9.17) is 4.74 Å². The largest absolute Gasteiger partial charge is 0.466 e. The second kappa shape index (κ2) is 9.43. The van der Waals surface area contributed by atoms with Gasteiger partial charge >= 0.3 is 5.97 Å². The van der Waals surface area contributed by atoms with E-state index in [0.29, 0.717) is 26.7 Å². The van der Waals surface area contributed by atoms with Crippen molar-refractivity contribution < 1.29 is 14.3 Å². The van der Waals surface area contributed by atoms with Crippen molar-refractivity contribution in [2.45, 2.75) is 52.8 Å². The van der Waals surface area contributed by atoms with Gasteiger partial charge < -0.3 is 9.53 Å². The van der Waals surface area contributed by atoms with Gasteiger partial charge in [-0.05, 0) is 12.8 Å². The van der Waals surface area contributed by atoms with Crippen LogP contribution in [0.3, 0.4) is 0 Å². The lowest BCUT2D eigenvalue weighted by Gasteiger charge is -2.09. The number of hydrogen-bond acceptors (Lipinski definition) is 3. The van der Waals surface area contributed by atoms with Gasteiger partial charge in [-0.15, -0.1) is 0 Å². The van der Waals surface area contributed by atoms with E-state index in [1.54, 1.807) is 0 Å². The first-order chi connectivity index (χ1) is 7.61. The van der Waals surface area contributed by atoms with Crippen LogP contribution in [0.4, 0.5) is 0 Å². The lowest BCUT2D eigenvalue weighted by atomic mass is 9.64. The van der Waals surface area contributed by atoms with E-state index < -0.39 is 0 Å². The van der Waals surface area contributed by atoms with Crippen LogP contribution in [0.2, 0.25) is 6.32 Å². The standard InChI is InChI=1S/C12H23BO3/c1-4-8-13-12(15)10(3)6-7-11(14)16-9-5-2/h10,13H,4-9H2,1-3H3. The first-order valence-corrected chi connectivity index (χ1v) is 6.30. The molecule has 0 aromatic heterocycles. The third-order valence-electron chi connectivity index (χ3n) is 2.58. The number of carbonyl (C=O) groups excluding carboxylic acids is 2. The molecule has 0 aliphatic carbocycles. The van der Waals surface area contributed by atoms with Gasteiger partial charge in [-0.2, -0.15) is 0 Å². The highest BCUT2D eigenvalue weighted by atomic mass is 16.5. The Bertz CT molecular complexity index is 216. The summed E-state index contributed by atoms with van der Waals surface area (Å²) in [4.78, 5) is 22.8. The van der Waals surface area contributed by atoms with Crippen molar-refractivity contribution in [3.63, 3.8) is 0 Å². The van der Waals surface area contributed by atoms with Gasteiger partial charge in [-0.3, -0.25) is 4.79 Å². The van der Waals surface area contributed by atoms with E-state index in [0.717, 1.165) is 19.2 Å². The zero-order valence-electron chi connectivity index (χ0n) is 10.8. The zero-order chi connectivity index (χ0) is 12.4. The summed E-state index contributed by atoms with van der Waals surface area (Å²) in [5.41, 5.74) is 0.269. The molecule has 0 heterocycles. The summed E-state index contributed by atoms with van der Waals surface area (Å²) in [6.07, 6.45) is 3.81. The molecule has 0 N–H and O–H groups in total. The molecule has 0 saturated carbocycles. The van der Waals surface area contributed by atoms with Crippen LogP contribution in [-0.4, -0.2) is 25.5 Å². The zero-order valence-corrected chi connectivity index (χ0v) is 10.8. The Morgan fingerprint density at radius 2 is 1.94 bits per heavy atom. The molecule has 0 amide bonds. The third kappa shape index (κ3) is 7.49. The number of ether oxygens (including phenoxy) is 1. The van der Waals surface area contributed by atoms with Crippen LogP contribution < -0.4 is 0 Å². The van der Waals surface area contributed by atoms with E-state index in [1.807, 2.05) is 13.8 Å². The van der Waals surface area contributed by atoms with Crippen molar-refractivity contribution in [3.05, 3.63) is 0 Å². The molecule has 1 unspecified atom stereocenters. The van der Waals surface area contributed by atoms with E-state index in [2.05, 4.69) is 6.92 Å². The summed E-state index contributed by atoms with van der Waals surface area (Å²) in [5.74, 6) is -0.197. The van der Waals surface area contributed by atoms with Crippen molar-refractivity contribution in [1.82, 2.24) is 0 Å². The molecule has 0 radical (unpaired) electrons. The molecule has 0 aromatic rings. The maximum Gasteiger partial charge on any atom is 0.305 e. The molecule has 0 aliphatic heterocycles. The highest BCUT2D eigenvalue weighted by Gasteiger charge is 2.15. The molecule has 0 rings (SSSR count). The van der Waals surface area contributed by atoms with Gasteiger partial charge in [-0.25, -0.2) is 0 Å². The van der Waals surface area contributed by atoms with Gasteiger partial charge in [-0.1, -0.05) is 33.5 Å². The van der Waals surface area contributed by atoms with Crippen LogP contribution in [0.25, 0.3) is 0 Å². The molecule has 0 fully saturated rings. The fraction of sp³-hybridized carbons (Fsp3) is 0.833. The van der Waals surface area contributed by atoms with Crippen LogP contribution in [0.15, 0.2) is 0 Å². The van der Waals surface area contributed by atoms with Gasteiger partial charge in [0, 0.05) is 12.3 Å². The molecule has 0 spiro atoms. The quantitative estimate of drug-likeness (QED) is 0.447. The highest BCUT2D eigenvalue weighted by Crippen LogP contribution is 2.08. The van der Waals surface area contributed by atoms with Crippen molar-refractivity contribution in [3.8, 4) is 0 Å². The molecule has 3 nitrogen and oxygen atoms in total. The normalized spacial score (nSPS) is 11.9. The fourth-order valence-electron chi connectivity index (χ4n) is 1.38. The molecule has 92 valence electrons. The summed E-state index contributed by atoms with van der Waals surface area (Å²) < 4.78 is 4.95. The van der Waals surface area contributed by atoms with E-state index in [-0.39, 0.29) is 17.6 Å². The molecule has 0 saturated heterocycles. The van der Waals surface area contributed by atoms with Crippen molar-refractivity contribution in [2.75, 3.05) is 6.61 Å². The van der Waals surface area contributed by atoms with Crippen LogP contribution in [0.1, 0.15) is 46.5 Å². The van der Waals surface area contributed by atoms with Gasteiger partial charge in [0.1, 0.15) is 0 Å². The van der Waals surface area contributed by atoms with Crippen LogP contribution in [-0.2, 0) is 14.3 Å². The Balaban J connectivity index is 3.66. The molecular formula is C12H23BO3. The number of esters is 1. The van der Waals surface area contributed by atoms with Crippen LogP contribution >= 0.6 is 0 Å². The Kier molecular flexibility index (Phi) is 8.96. The van der Waals surface area contributed by atoms with Gasteiger partial charge in [0.15, 0.2) is 0 Å². The Hall–Kier alpha value is -0.795. The predicted molar refractivity (Wildman–Crippen MR) is 66.9 cm³/mol. The lowest BCUT2D eigenvalue weighted by molar-refractivity contribution is -0.144. The second-order valence-electron chi connectivity index (χ2n) is 4.23. The number of carbonyl (C=O) groups is 2. The molecule has 0 aliphatic rings. The summed E-state index contributed by atoms with van der Waals surface area (Å²) in [5, 5.41) is 0. The first kappa shape index (κ1) is 15.2. The molecule has 16 heavy (non-hydrogen) atoms. The summed E-state index contributed by atoms with van der Waals surface area (Å²) in [6, 6.07) is 0. The smallest absolute Gasteiger partial charge is 0.305 e. The van der Waals surface area contributed by atoms with Crippen LogP contribution in [0.5, 0.6) is 0 Å². The maximum absolute atomic E-state index is 11.6. The Labute approximate surface area is 99.2 Å². The topological polar surface area (TPSA) is 43.4 Å². The van der Waals surface area contributed by atoms with E-state index >= 15 is 0 Å². The lowest BCUT2D eigenvalue weighted by Crippen LogP contribution is -2.19. The van der Waals surface area contributed by atoms with Gasteiger partial charge in [0.2, 0.25) is 7.28 Å². The Morgan fingerprint density at radius 1 is 1.25 bits per heavy atom. The molecule has 4 heteroatoms. The van der Waals surface area contributed by atoms with E-state index in [9.17, 15) is 9.59 Å². The number of hydrogen-bond donors (Lipinski definition) is 0. The summed E-state index contributed by atoms with van der Waals surface area (Å²) >= 11 is 0. The van der Waals surface area contributed by atoms with Crippen LogP contribution in [0, 0.1) is 5.92 Å². The minimum atomic E-state index is -0.183. The maximum atomic E-state index is 11.6. The highest BCUT2D eigenvalue weighted by molar-refractivity contribution is 6.74. The van der Waals surface area contributed by atoms with Crippen molar-refractivity contribution in [2.24, 2.45) is 5.92 Å². The first-order valence-electron chi connectivity index (χ1n) is 6.30. The molecular weight excluding hydrogens is 203 g/mol. The number of rotatable bonds is 9. The van der Waals surface area contributed by atoms with Crippen molar-refractivity contribution >= 4 is 18.9 Å². The average Bonchev–Trinajstić information content (AvgIpc) is 2.30. The monoisotopic (exact) mass is 226 g/mol. The summed E-state index contributed by atoms with van der Waals surface area (Å²) in [6.45, 7) is 6.41. The summed E-state index contributed by atoms with van der Waals surface area (Å²) in [7, 11) is 0.641. The molecule has 0 aromatic carbocycles. The minimum Gasteiger partial charge on any atom is -0.466 e. The van der Waals surface area contributed by atoms with Gasteiger partial charge in [0.05, 0.1) is 12.3 Å². The van der Waals surface area contributed by atoms with Crippen molar-refractivity contribution in [1.29, 1.82) is 0 Å². The molecule has 1 atom stereocenters. The fourth-order valence-corrected chi connectivity index (χ4v) is 1.38. The SMILES string of the molecule is CCCBC(=O)C(C)CCC(=O)OCCC. The second-order valence-corrected chi connectivity index (χ2v) is 4.23. The Morgan fingerprint density at radius 3 is 2.50 bits per heavy atom. The third-order valence-corrected chi connectivity index (χ3v) is 2.58. The average molecular weight is 226 g/mol. The van der Waals surface area contributed by atoms with E-state index in [1.165, 1.54) is 0 Å². The minimum absolute atomic E-state index is 0.0132. The van der Waals surface area contributed by atoms with Gasteiger partial charge in [0.25, 0.3) is 0 Å². The predicted octanol–water partition coefficient (Wildman–Crippen LogP) is 2.15. The molecule has 0 bridgehead atoms.